The second kappa shape index (κ2) is 6.64. The van der Waals surface area contributed by atoms with Crippen LogP contribution in [-0.4, -0.2) is 13.1 Å². The fraction of sp³-hybridized carbons (Fsp3) is 0.176. The third kappa shape index (κ3) is 4.18. The van der Waals surface area contributed by atoms with E-state index in [0.717, 1.165) is 30.0 Å². The molecule has 2 aromatic carbocycles. The number of hydrogen-bond donors (Lipinski definition) is 2. The normalized spacial score (nSPS) is 9.95. The van der Waals surface area contributed by atoms with Crippen molar-refractivity contribution in [1.82, 2.24) is 0 Å². The van der Waals surface area contributed by atoms with Gasteiger partial charge in [-0.05, 0) is 36.8 Å². The van der Waals surface area contributed by atoms with Crippen LogP contribution in [0.25, 0.3) is 5.57 Å². The smallest absolute Gasteiger partial charge is 0.0341 e. The van der Waals surface area contributed by atoms with Gasteiger partial charge in [-0.15, -0.1) is 0 Å². The maximum Gasteiger partial charge on any atom is 0.0341 e. The van der Waals surface area contributed by atoms with Crippen LogP contribution in [-0.2, 0) is 0 Å². The predicted octanol–water partition coefficient (Wildman–Crippen LogP) is 4.24. The van der Waals surface area contributed by atoms with Gasteiger partial charge in [0.15, 0.2) is 0 Å². The number of para-hydroxylation sites is 1. The molecule has 0 amide bonds. The summed E-state index contributed by atoms with van der Waals surface area (Å²) in [6.45, 7) is 7.74. The molecule has 0 atom stereocenters. The zero-order valence-electron chi connectivity index (χ0n) is 11.3. The van der Waals surface area contributed by atoms with Crippen LogP contribution in [0.1, 0.15) is 12.5 Å². The highest BCUT2D eigenvalue weighted by Gasteiger charge is 1.95. The van der Waals surface area contributed by atoms with Crippen LogP contribution in [0.15, 0.2) is 61.2 Å². The fourth-order valence-electron chi connectivity index (χ4n) is 1.84. The Bertz CT molecular complexity index is 515. The Morgan fingerprint density at radius 1 is 0.842 bits per heavy atom. The van der Waals surface area contributed by atoms with E-state index in [4.69, 9.17) is 0 Å². The molecule has 0 radical (unpaired) electrons. The maximum absolute atomic E-state index is 3.93. The van der Waals surface area contributed by atoms with Gasteiger partial charge in [0.2, 0.25) is 0 Å². The van der Waals surface area contributed by atoms with Crippen LogP contribution >= 0.6 is 0 Å². The minimum atomic E-state index is 0.890. The average Bonchev–Trinajstić information content (AvgIpc) is 2.45. The molecule has 2 N–H and O–H groups in total. The Hall–Kier alpha value is -2.22. The summed E-state index contributed by atoms with van der Waals surface area (Å²) in [5.74, 6) is 0. The van der Waals surface area contributed by atoms with Crippen molar-refractivity contribution in [2.24, 2.45) is 0 Å². The maximum atomic E-state index is 3.93. The van der Waals surface area contributed by atoms with E-state index in [1.165, 1.54) is 5.56 Å². The molecule has 0 heterocycles. The first kappa shape index (κ1) is 13.2. The standard InChI is InChI=1S/C17H20N2/c1-14(2)15-8-10-17(11-9-15)19-13-12-18-16-6-4-3-5-7-16/h3-11,18-19H,1,12-13H2,2H3. The lowest BCUT2D eigenvalue weighted by molar-refractivity contribution is 1.08. The van der Waals surface area contributed by atoms with Gasteiger partial charge in [0.25, 0.3) is 0 Å². The van der Waals surface area contributed by atoms with Crippen LogP contribution in [0.3, 0.4) is 0 Å². The highest BCUT2D eigenvalue weighted by molar-refractivity contribution is 5.63. The molecule has 2 aromatic rings. The molecule has 2 nitrogen and oxygen atoms in total. The molecule has 0 spiro atoms. The van der Waals surface area contributed by atoms with Crippen molar-refractivity contribution < 1.29 is 0 Å². The second-order valence-corrected chi connectivity index (χ2v) is 4.58. The molecule has 2 heteroatoms. The molecule has 2 rings (SSSR count). The molecule has 0 bridgehead atoms. The first-order chi connectivity index (χ1) is 9.25. The van der Waals surface area contributed by atoms with Crippen LogP contribution in [0, 0.1) is 0 Å². The molecule has 0 saturated carbocycles. The minimum Gasteiger partial charge on any atom is -0.383 e. The van der Waals surface area contributed by atoms with Crippen LogP contribution < -0.4 is 10.6 Å². The van der Waals surface area contributed by atoms with Crippen molar-refractivity contribution in [3.8, 4) is 0 Å². The van der Waals surface area contributed by atoms with E-state index in [1.54, 1.807) is 0 Å². The minimum absolute atomic E-state index is 0.890. The summed E-state index contributed by atoms with van der Waals surface area (Å²) < 4.78 is 0. The fourth-order valence-corrected chi connectivity index (χ4v) is 1.84. The van der Waals surface area contributed by atoms with E-state index in [9.17, 15) is 0 Å². The molecule has 0 fully saturated rings. The van der Waals surface area contributed by atoms with E-state index in [-0.39, 0.29) is 0 Å². The predicted molar refractivity (Wildman–Crippen MR) is 84.6 cm³/mol. The number of anilines is 2. The van der Waals surface area contributed by atoms with E-state index in [2.05, 4.69) is 53.6 Å². The van der Waals surface area contributed by atoms with E-state index in [1.807, 2.05) is 25.1 Å². The lowest BCUT2D eigenvalue weighted by atomic mass is 10.1. The molecule has 0 aliphatic heterocycles. The van der Waals surface area contributed by atoms with E-state index in [0.29, 0.717) is 0 Å². The van der Waals surface area contributed by atoms with Gasteiger partial charge in [-0.25, -0.2) is 0 Å². The van der Waals surface area contributed by atoms with Crippen molar-refractivity contribution in [3.05, 3.63) is 66.7 Å². The summed E-state index contributed by atoms with van der Waals surface area (Å²) in [7, 11) is 0. The van der Waals surface area contributed by atoms with Gasteiger partial charge in [-0.2, -0.15) is 0 Å². The summed E-state index contributed by atoms with van der Waals surface area (Å²) in [6.07, 6.45) is 0. The zero-order chi connectivity index (χ0) is 13.5. The number of rotatable bonds is 6. The SMILES string of the molecule is C=C(C)c1ccc(NCCNc2ccccc2)cc1. The molecular weight excluding hydrogens is 232 g/mol. The summed E-state index contributed by atoms with van der Waals surface area (Å²) in [5.41, 5.74) is 4.58. The highest BCUT2D eigenvalue weighted by Crippen LogP contribution is 2.15. The molecule has 0 aromatic heterocycles. The van der Waals surface area contributed by atoms with Crippen molar-refractivity contribution in [1.29, 1.82) is 0 Å². The molecule has 19 heavy (non-hydrogen) atoms. The van der Waals surface area contributed by atoms with Crippen LogP contribution in [0.4, 0.5) is 11.4 Å². The quantitative estimate of drug-likeness (QED) is 0.751. The molecule has 0 unspecified atom stereocenters. The number of benzene rings is 2. The van der Waals surface area contributed by atoms with Crippen molar-refractivity contribution >= 4 is 16.9 Å². The summed E-state index contributed by atoms with van der Waals surface area (Å²) in [6, 6.07) is 18.6. The monoisotopic (exact) mass is 252 g/mol. The molecule has 0 aliphatic rings. The Morgan fingerprint density at radius 2 is 1.37 bits per heavy atom. The third-order valence-corrected chi connectivity index (χ3v) is 2.93. The largest absolute Gasteiger partial charge is 0.383 e. The van der Waals surface area contributed by atoms with Gasteiger partial charge in [-0.1, -0.05) is 42.5 Å². The lowest BCUT2D eigenvalue weighted by Crippen LogP contribution is -2.13. The molecule has 98 valence electrons. The summed E-state index contributed by atoms with van der Waals surface area (Å²) in [5, 5.41) is 6.76. The van der Waals surface area contributed by atoms with Gasteiger partial charge < -0.3 is 10.6 Å². The van der Waals surface area contributed by atoms with Gasteiger partial charge in [0, 0.05) is 24.5 Å². The van der Waals surface area contributed by atoms with Crippen LogP contribution in [0.5, 0.6) is 0 Å². The highest BCUT2D eigenvalue weighted by atomic mass is 14.9. The first-order valence-electron chi connectivity index (χ1n) is 6.54. The third-order valence-electron chi connectivity index (χ3n) is 2.93. The molecular formula is C17H20N2. The van der Waals surface area contributed by atoms with Crippen molar-refractivity contribution in [2.45, 2.75) is 6.92 Å². The first-order valence-corrected chi connectivity index (χ1v) is 6.54. The number of nitrogens with one attached hydrogen (secondary N) is 2. The zero-order valence-corrected chi connectivity index (χ0v) is 11.3. The van der Waals surface area contributed by atoms with E-state index < -0.39 is 0 Å². The summed E-state index contributed by atoms with van der Waals surface area (Å²) in [4.78, 5) is 0. The van der Waals surface area contributed by atoms with Gasteiger partial charge in [0.05, 0.1) is 0 Å². The number of hydrogen-bond acceptors (Lipinski definition) is 2. The van der Waals surface area contributed by atoms with Gasteiger partial charge in [-0.3, -0.25) is 0 Å². The Balaban J connectivity index is 1.75. The average molecular weight is 252 g/mol. The molecule has 0 saturated heterocycles. The molecule has 0 aliphatic carbocycles. The van der Waals surface area contributed by atoms with Crippen LogP contribution in [0.2, 0.25) is 0 Å². The Morgan fingerprint density at radius 3 is 1.89 bits per heavy atom. The van der Waals surface area contributed by atoms with Gasteiger partial charge in [0.1, 0.15) is 0 Å². The van der Waals surface area contributed by atoms with E-state index >= 15 is 0 Å². The lowest BCUT2D eigenvalue weighted by Gasteiger charge is -2.09. The van der Waals surface area contributed by atoms with Crippen molar-refractivity contribution in [3.63, 3.8) is 0 Å². The second-order valence-electron chi connectivity index (χ2n) is 4.58. The summed E-state index contributed by atoms with van der Waals surface area (Å²) >= 11 is 0. The Labute approximate surface area is 115 Å². The van der Waals surface area contributed by atoms with Gasteiger partial charge >= 0.3 is 0 Å². The number of allylic oxidation sites excluding steroid dienone is 1. The Kier molecular flexibility index (Phi) is 4.62. The van der Waals surface area contributed by atoms with Crippen molar-refractivity contribution in [2.75, 3.05) is 23.7 Å². The topological polar surface area (TPSA) is 24.1 Å².